The van der Waals surface area contributed by atoms with Crippen molar-refractivity contribution < 1.29 is 25.5 Å². The fourth-order valence-electron chi connectivity index (χ4n) is 11.9. The van der Waals surface area contributed by atoms with Crippen LogP contribution in [-0.2, 0) is 0 Å². The quantitative estimate of drug-likeness (QED) is 0.0298. The topological polar surface area (TPSA) is 117 Å². The molecule has 1 heterocycles. The molecule has 0 bridgehead atoms. The van der Waals surface area contributed by atoms with Crippen LogP contribution in [0.3, 0.4) is 0 Å². The zero-order valence-corrected chi connectivity index (χ0v) is 54.4. The Hall–Kier alpha value is -1.40. The van der Waals surface area contributed by atoms with Gasteiger partial charge in [-0.3, -0.25) is 19.6 Å². The molecule has 0 amide bonds. The van der Waals surface area contributed by atoms with Gasteiger partial charge in [0.2, 0.25) is 0 Å². The van der Waals surface area contributed by atoms with Crippen molar-refractivity contribution in [3.05, 3.63) is 23.9 Å². The number of nitrogens with zero attached hydrogens (tertiary/aromatic N) is 5. The highest BCUT2D eigenvalue weighted by Gasteiger charge is 2.22. The predicted octanol–water partition coefficient (Wildman–Crippen LogP) is 18.0. The molecule has 3 atom stereocenters. The molecule has 1 aliphatic rings. The minimum absolute atomic E-state index is 0.355. The number of hydrogen-bond acceptors (Lipinski definition) is 10. The largest absolute Gasteiger partial charge is 0.511 e. The van der Waals surface area contributed by atoms with Crippen LogP contribution in [0, 0.1) is 0 Å². The highest BCUT2D eigenvalue weighted by molar-refractivity contribution is 5.00. The molecule has 1 aliphatic heterocycles. The number of hydrogen-bond donors (Lipinski definition) is 5. The van der Waals surface area contributed by atoms with Crippen molar-refractivity contribution in [3.63, 3.8) is 0 Å². The fourth-order valence-corrected chi connectivity index (χ4v) is 11.9. The van der Waals surface area contributed by atoms with E-state index < -0.39 is 12.2 Å². The molecule has 10 nitrogen and oxygen atoms in total. The van der Waals surface area contributed by atoms with Crippen molar-refractivity contribution in [2.24, 2.45) is 0 Å². The van der Waals surface area contributed by atoms with Gasteiger partial charge < -0.3 is 30.4 Å². The predicted molar refractivity (Wildman–Crippen MR) is 348 cm³/mol. The molecule has 1 saturated heterocycles. The molecule has 80 heavy (non-hydrogen) atoms. The molecule has 5 N–H and O–H groups in total. The second kappa shape index (κ2) is 58.0. The summed E-state index contributed by atoms with van der Waals surface area (Å²) in [6.45, 7) is 22.2. The SMILES string of the molecule is CCCCCCCCCCC(O)=CN(C=C(O)CCCCCCCCCC)CCN1CCN(CCN(CCN(CC(O)CCCCCCCCCC)CC(O)CCCCCCCCCC)CC(O)CCCCCCCCCC)CC1. The summed E-state index contributed by atoms with van der Waals surface area (Å²) in [7, 11) is 0. The number of allylic oxidation sites excluding steroid dienone is 2. The van der Waals surface area contributed by atoms with Crippen LogP contribution in [-0.4, -0.2) is 153 Å². The van der Waals surface area contributed by atoms with Gasteiger partial charge in [-0.15, -0.1) is 0 Å². The van der Waals surface area contributed by atoms with Gasteiger partial charge in [0.05, 0.1) is 18.3 Å². The minimum Gasteiger partial charge on any atom is -0.511 e. The van der Waals surface area contributed by atoms with Crippen molar-refractivity contribution in [1.82, 2.24) is 24.5 Å². The molecular formula is C70H141N5O5. The lowest BCUT2D eigenvalue weighted by Crippen LogP contribution is -2.50. The first-order valence-corrected chi connectivity index (χ1v) is 35.6. The number of aliphatic hydroxyl groups excluding tert-OH is 5. The zero-order chi connectivity index (χ0) is 58.2. The normalized spacial score (nSPS) is 15.2. The fraction of sp³-hybridized carbons (Fsp3) is 0.943. The van der Waals surface area contributed by atoms with E-state index in [2.05, 4.69) is 59.1 Å². The molecule has 0 aliphatic carbocycles. The van der Waals surface area contributed by atoms with Gasteiger partial charge in [-0.05, 0) is 32.1 Å². The van der Waals surface area contributed by atoms with Gasteiger partial charge in [0, 0.05) is 110 Å². The first-order valence-electron chi connectivity index (χ1n) is 35.6. The first kappa shape index (κ1) is 76.6. The van der Waals surface area contributed by atoms with Crippen LogP contribution in [0.1, 0.15) is 324 Å². The molecule has 0 aromatic carbocycles. The van der Waals surface area contributed by atoms with E-state index in [1.165, 1.54) is 212 Å². The average molecular weight is 1130 g/mol. The van der Waals surface area contributed by atoms with E-state index in [0.29, 0.717) is 44.0 Å². The monoisotopic (exact) mass is 1130 g/mol. The van der Waals surface area contributed by atoms with Crippen LogP contribution in [0.4, 0.5) is 0 Å². The highest BCUT2D eigenvalue weighted by atomic mass is 16.3. The van der Waals surface area contributed by atoms with Crippen molar-refractivity contribution in [2.45, 2.75) is 342 Å². The van der Waals surface area contributed by atoms with Crippen molar-refractivity contribution >= 4 is 0 Å². The summed E-state index contributed by atoms with van der Waals surface area (Å²) in [6, 6.07) is 0. The average Bonchev–Trinajstić information content (AvgIpc) is 3.44. The van der Waals surface area contributed by atoms with Gasteiger partial charge in [-0.2, -0.15) is 0 Å². The molecular weight excluding hydrogens is 991 g/mol. The summed E-state index contributed by atoms with van der Waals surface area (Å²) in [6.07, 6.45) is 56.7. The standard InChI is InChI=1S/C70H141N5O5/c1-6-11-16-21-26-31-36-41-46-66(76)61-73(58-60-75(64-69(79)49-44-39-34-29-24-19-14-9-4)65-70(80)50-45-40-35-30-25-20-15-10-5)57-55-71-51-53-72(54-52-71)56-59-74(62-67(77)47-42-37-32-27-22-17-12-7-2)63-68(78)48-43-38-33-28-23-18-13-8-3/h62-63,66,69-70,76-80H,6-61,64-65H2,1-5H3. The summed E-state index contributed by atoms with van der Waals surface area (Å²) < 4.78 is 0. The molecule has 10 heteroatoms. The smallest absolute Gasteiger partial charge is 0.108 e. The summed E-state index contributed by atoms with van der Waals surface area (Å²) in [4.78, 5) is 12.0. The Morgan fingerprint density at radius 2 is 0.575 bits per heavy atom. The minimum atomic E-state index is -0.391. The van der Waals surface area contributed by atoms with Gasteiger partial charge >= 0.3 is 0 Å². The highest BCUT2D eigenvalue weighted by Crippen LogP contribution is 2.19. The molecule has 1 fully saturated rings. The van der Waals surface area contributed by atoms with Crippen molar-refractivity contribution in [3.8, 4) is 0 Å². The van der Waals surface area contributed by atoms with Gasteiger partial charge in [0.15, 0.2) is 0 Å². The van der Waals surface area contributed by atoms with Crippen LogP contribution in [0.2, 0.25) is 0 Å². The van der Waals surface area contributed by atoms with E-state index in [0.717, 1.165) is 130 Å². The lowest BCUT2D eigenvalue weighted by Gasteiger charge is -2.37. The number of aliphatic hydroxyl groups is 5. The lowest BCUT2D eigenvalue weighted by molar-refractivity contribution is 0.0447. The molecule has 1 rings (SSSR count). The summed E-state index contributed by atoms with van der Waals surface area (Å²) >= 11 is 0. The van der Waals surface area contributed by atoms with Crippen LogP contribution in [0.15, 0.2) is 23.9 Å². The third-order valence-corrected chi connectivity index (χ3v) is 17.4. The van der Waals surface area contributed by atoms with Crippen LogP contribution in [0.25, 0.3) is 0 Å². The maximum atomic E-state index is 11.5. The zero-order valence-electron chi connectivity index (χ0n) is 54.4. The third-order valence-electron chi connectivity index (χ3n) is 17.4. The van der Waals surface area contributed by atoms with E-state index >= 15 is 0 Å². The van der Waals surface area contributed by atoms with Gasteiger partial charge in [0.1, 0.15) is 11.5 Å². The Morgan fingerprint density at radius 1 is 0.325 bits per heavy atom. The summed E-state index contributed by atoms with van der Waals surface area (Å²) in [5, 5.41) is 56.6. The number of piperazine rings is 1. The van der Waals surface area contributed by atoms with E-state index in [9.17, 15) is 25.5 Å². The molecule has 3 unspecified atom stereocenters. The Morgan fingerprint density at radius 3 is 0.887 bits per heavy atom. The molecule has 0 aromatic rings. The number of rotatable bonds is 62. The first-order chi connectivity index (χ1) is 39.1. The van der Waals surface area contributed by atoms with Gasteiger partial charge in [0.25, 0.3) is 0 Å². The second-order valence-corrected chi connectivity index (χ2v) is 25.4. The van der Waals surface area contributed by atoms with Crippen molar-refractivity contribution in [2.75, 3.05) is 85.1 Å². The summed E-state index contributed by atoms with van der Waals surface area (Å²) in [5.41, 5.74) is 0. The Bertz CT molecular complexity index is 1270. The Labute approximate surface area is 498 Å². The van der Waals surface area contributed by atoms with E-state index in [4.69, 9.17) is 0 Å². The molecule has 0 saturated carbocycles. The maximum Gasteiger partial charge on any atom is 0.108 e. The van der Waals surface area contributed by atoms with Crippen LogP contribution < -0.4 is 0 Å². The van der Waals surface area contributed by atoms with E-state index in [-0.39, 0.29) is 6.10 Å². The van der Waals surface area contributed by atoms with Crippen molar-refractivity contribution in [1.29, 1.82) is 0 Å². The lowest BCUT2D eigenvalue weighted by atomic mass is 10.0. The van der Waals surface area contributed by atoms with E-state index in [1.807, 2.05) is 12.4 Å². The van der Waals surface area contributed by atoms with Gasteiger partial charge in [-0.25, -0.2) is 0 Å². The number of unbranched alkanes of at least 4 members (excludes halogenated alkanes) is 35. The molecule has 0 spiro atoms. The third kappa shape index (κ3) is 50.0. The molecule has 476 valence electrons. The molecule has 0 radical (unpaired) electrons. The maximum absolute atomic E-state index is 11.5. The van der Waals surface area contributed by atoms with Crippen LogP contribution >= 0.6 is 0 Å². The van der Waals surface area contributed by atoms with E-state index in [1.54, 1.807) is 0 Å². The molecule has 0 aromatic heterocycles. The Kier molecular flexibility index (Phi) is 55.5. The summed E-state index contributed by atoms with van der Waals surface area (Å²) in [5.74, 6) is 0.829. The Balaban J connectivity index is 2.99. The second-order valence-electron chi connectivity index (χ2n) is 25.4. The van der Waals surface area contributed by atoms with Gasteiger partial charge in [-0.1, -0.05) is 279 Å². The van der Waals surface area contributed by atoms with Crippen LogP contribution in [0.5, 0.6) is 0 Å².